The molecule has 0 saturated carbocycles. The Bertz CT molecular complexity index is 1360. The normalized spacial score (nSPS) is 10.8. The molecule has 170 valence electrons. The van der Waals surface area contributed by atoms with Crippen molar-refractivity contribution in [1.29, 1.82) is 0 Å². The minimum atomic E-state index is -1.07. The highest BCUT2D eigenvalue weighted by atomic mass is 79.9. The second-order valence-electron chi connectivity index (χ2n) is 7.38. The fraction of sp³-hybridized carbons (Fsp3) is 0. The Hall–Kier alpha value is -2.64. The Kier molecular flexibility index (Phi) is 7.14. The number of benzene rings is 4. The minimum absolute atomic E-state index is 0.117. The molecule has 2 N–H and O–H groups in total. The predicted octanol–water partition coefficient (Wildman–Crippen LogP) is 8.92. The van der Waals surface area contributed by atoms with Gasteiger partial charge in [-0.05, 0) is 70.8 Å². The van der Waals surface area contributed by atoms with Gasteiger partial charge in [0.2, 0.25) is 0 Å². The van der Waals surface area contributed by atoms with Crippen molar-refractivity contribution in [2.24, 2.45) is 0 Å². The maximum absolute atomic E-state index is 11.8. The molecule has 0 amide bonds. The fourth-order valence-electron chi connectivity index (χ4n) is 3.68. The average Bonchev–Trinajstić information content (AvgIpc) is 2.80. The van der Waals surface area contributed by atoms with E-state index < -0.39 is 11.9 Å². The van der Waals surface area contributed by atoms with Crippen molar-refractivity contribution in [3.63, 3.8) is 0 Å². The van der Waals surface area contributed by atoms with Gasteiger partial charge >= 0.3 is 11.9 Å². The topological polar surface area (TPSA) is 74.6 Å². The highest BCUT2D eigenvalue weighted by Crippen LogP contribution is 2.39. The van der Waals surface area contributed by atoms with E-state index in [9.17, 15) is 19.8 Å². The highest BCUT2D eigenvalue weighted by molar-refractivity contribution is 9.10. The molecule has 4 aromatic carbocycles. The van der Waals surface area contributed by atoms with Gasteiger partial charge in [-0.3, -0.25) is 0 Å². The number of aromatic carboxylic acids is 2. The lowest BCUT2D eigenvalue weighted by Crippen LogP contribution is -2.00. The first kappa shape index (κ1) is 24.5. The molecule has 4 aromatic rings. The van der Waals surface area contributed by atoms with Gasteiger partial charge in [0.05, 0.1) is 11.1 Å². The van der Waals surface area contributed by atoms with E-state index in [1.54, 1.807) is 36.4 Å². The summed E-state index contributed by atoms with van der Waals surface area (Å²) < 4.78 is 1.29. The van der Waals surface area contributed by atoms with E-state index in [1.165, 1.54) is 12.1 Å². The molecule has 4 rings (SSSR count). The molecule has 0 atom stereocenters. The van der Waals surface area contributed by atoms with Crippen LogP contribution in [0, 0.1) is 0 Å². The van der Waals surface area contributed by atoms with Crippen molar-refractivity contribution in [3.05, 3.63) is 103 Å². The SMILES string of the molecule is O=C(O)c1cc(Br)ccc1-c1cc(-c2ccc(Cl)c(-c3ccc(Br)cc3C(=O)O)c2)ccc1Cl. The molecule has 34 heavy (non-hydrogen) atoms. The third-order valence-corrected chi connectivity index (χ3v) is 6.92. The average molecular weight is 621 g/mol. The van der Waals surface area contributed by atoms with Gasteiger partial charge in [0.25, 0.3) is 0 Å². The van der Waals surface area contributed by atoms with E-state index in [-0.39, 0.29) is 11.1 Å². The molecular formula is C26H14Br2Cl2O4. The van der Waals surface area contributed by atoms with Crippen LogP contribution < -0.4 is 0 Å². The number of hydrogen-bond donors (Lipinski definition) is 2. The number of halogens is 4. The van der Waals surface area contributed by atoms with Gasteiger partial charge in [0, 0.05) is 30.1 Å². The monoisotopic (exact) mass is 618 g/mol. The summed E-state index contributed by atoms with van der Waals surface area (Å²) >= 11 is 19.5. The van der Waals surface area contributed by atoms with E-state index in [4.69, 9.17) is 23.2 Å². The molecule has 0 spiro atoms. The van der Waals surface area contributed by atoms with Crippen LogP contribution in [0.15, 0.2) is 81.7 Å². The summed E-state index contributed by atoms with van der Waals surface area (Å²) in [6.45, 7) is 0. The Balaban J connectivity index is 1.88. The summed E-state index contributed by atoms with van der Waals surface area (Å²) in [7, 11) is 0. The first-order chi connectivity index (χ1) is 16.2. The van der Waals surface area contributed by atoms with E-state index >= 15 is 0 Å². The third-order valence-electron chi connectivity index (χ3n) is 5.27. The van der Waals surface area contributed by atoms with Crippen LogP contribution in [0.3, 0.4) is 0 Å². The number of rotatable bonds is 5. The van der Waals surface area contributed by atoms with Gasteiger partial charge in [-0.15, -0.1) is 0 Å². The number of carboxylic acid groups (broad SMARTS) is 2. The third kappa shape index (κ3) is 4.91. The van der Waals surface area contributed by atoms with Crippen molar-refractivity contribution < 1.29 is 19.8 Å². The Morgan fingerprint density at radius 1 is 0.559 bits per heavy atom. The van der Waals surface area contributed by atoms with Gasteiger partial charge in [-0.25, -0.2) is 9.59 Å². The molecule has 0 aliphatic carbocycles. The van der Waals surface area contributed by atoms with Crippen molar-refractivity contribution in [1.82, 2.24) is 0 Å². The van der Waals surface area contributed by atoms with Crippen molar-refractivity contribution in [2.45, 2.75) is 0 Å². The zero-order chi connectivity index (χ0) is 24.6. The summed E-state index contributed by atoms with van der Waals surface area (Å²) in [6.07, 6.45) is 0. The number of hydrogen-bond acceptors (Lipinski definition) is 2. The lowest BCUT2D eigenvalue weighted by atomic mass is 9.93. The summed E-state index contributed by atoms with van der Waals surface area (Å²) in [5, 5.41) is 20.2. The summed E-state index contributed by atoms with van der Waals surface area (Å²) in [5.41, 5.74) is 3.87. The standard InChI is InChI=1S/C26H14Br2Cl2O4/c27-15-3-5-17(21(11-15)25(31)32)19-9-13(1-7-23(19)29)14-2-8-24(30)20(10-14)18-6-4-16(28)12-22(18)26(33)34/h1-12H,(H,31,32)(H,33,34). The first-order valence-corrected chi connectivity index (χ1v) is 12.2. The van der Waals surface area contributed by atoms with E-state index in [0.29, 0.717) is 41.2 Å². The van der Waals surface area contributed by atoms with Crippen LogP contribution in [0.5, 0.6) is 0 Å². The molecule has 0 unspecified atom stereocenters. The highest BCUT2D eigenvalue weighted by Gasteiger charge is 2.18. The van der Waals surface area contributed by atoms with Gasteiger partial charge in [-0.1, -0.05) is 79.3 Å². The van der Waals surface area contributed by atoms with Crippen LogP contribution >= 0.6 is 55.1 Å². The van der Waals surface area contributed by atoms with E-state index in [2.05, 4.69) is 31.9 Å². The maximum Gasteiger partial charge on any atom is 0.336 e. The first-order valence-electron chi connectivity index (χ1n) is 9.81. The molecule has 0 bridgehead atoms. The minimum Gasteiger partial charge on any atom is -0.478 e. The molecule has 0 aliphatic rings. The van der Waals surface area contributed by atoms with Crippen LogP contribution in [0.25, 0.3) is 33.4 Å². The maximum atomic E-state index is 11.8. The Morgan fingerprint density at radius 2 is 0.941 bits per heavy atom. The lowest BCUT2D eigenvalue weighted by Gasteiger charge is -2.14. The van der Waals surface area contributed by atoms with Crippen molar-refractivity contribution >= 4 is 67.0 Å². The van der Waals surface area contributed by atoms with E-state index in [1.807, 2.05) is 24.3 Å². The second kappa shape index (κ2) is 9.92. The quantitative estimate of drug-likeness (QED) is 0.234. The van der Waals surface area contributed by atoms with Crippen LogP contribution in [0.4, 0.5) is 0 Å². The molecule has 0 aromatic heterocycles. The van der Waals surface area contributed by atoms with Gasteiger partial charge in [0.1, 0.15) is 0 Å². The molecule has 0 heterocycles. The van der Waals surface area contributed by atoms with Gasteiger partial charge in [-0.2, -0.15) is 0 Å². The molecule has 0 radical (unpaired) electrons. The molecule has 0 saturated heterocycles. The van der Waals surface area contributed by atoms with Gasteiger partial charge < -0.3 is 10.2 Å². The van der Waals surface area contributed by atoms with Crippen molar-refractivity contribution in [2.75, 3.05) is 0 Å². The predicted molar refractivity (Wildman–Crippen MR) is 142 cm³/mol. The summed E-state index contributed by atoms with van der Waals surface area (Å²) in [6, 6.07) is 20.6. The smallest absolute Gasteiger partial charge is 0.336 e. The van der Waals surface area contributed by atoms with E-state index in [0.717, 1.165) is 11.1 Å². The van der Waals surface area contributed by atoms with Crippen LogP contribution in [-0.4, -0.2) is 22.2 Å². The van der Waals surface area contributed by atoms with Crippen LogP contribution in [0.1, 0.15) is 20.7 Å². The molecule has 0 aliphatic heterocycles. The Morgan fingerprint density at radius 3 is 1.29 bits per heavy atom. The number of carboxylic acids is 2. The lowest BCUT2D eigenvalue weighted by molar-refractivity contribution is 0.0686. The van der Waals surface area contributed by atoms with Crippen LogP contribution in [-0.2, 0) is 0 Å². The second-order valence-corrected chi connectivity index (χ2v) is 10.0. The number of carbonyl (C=O) groups is 2. The molecular weight excluding hydrogens is 607 g/mol. The zero-order valence-corrected chi connectivity index (χ0v) is 21.8. The van der Waals surface area contributed by atoms with Crippen LogP contribution in [0.2, 0.25) is 10.0 Å². The van der Waals surface area contributed by atoms with Gasteiger partial charge in [0.15, 0.2) is 0 Å². The Labute approximate surface area is 222 Å². The fourth-order valence-corrected chi connectivity index (χ4v) is 4.84. The summed E-state index contributed by atoms with van der Waals surface area (Å²) in [5.74, 6) is -2.13. The van der Waals surface area contributed by atoms with Crippen molar-refractivity contribution in [3.8, 4) is 33.4 Å². The molecule has 8 heteroatoms. The molecule has 4 nitrogen and oxygen atoms in total. The summed E-state index contributed by atoms with van der Waals surface area (Å²) in [4.78, 5) is 23.7. The zero-order valence-electron chi connectivity index (χ0n) is 17.2. The largest absolute Gasteiger partial charge is 0.478 e. The molecule has 0 fully saturated rings.